The Balaban J connectivity index is 1.52. The second-order valence-corrected chi connectivity index (χ2v) is 7.63. The summed E-state index contributed by atoms with van der Waals surface area (Å²) < 4.78 is 0. The molecule has 3 rings (SSSR count). The molecule has 1 saturated carbocycles. The van der Waals surface area contributed by atoms with Gasteiger partial charge in [-0.05, 0) is 67.5 Å². The van der Waals surface area contributed by atoms with Crippen LogP contribution in [0.25, 0.3) is 0 Å². The molecule has 0 bridgehead atoms. The number of carbonyl (C=O) groups is 1. The summed E-state index contributed by atoms with van der Waals surface area (Å²) in [5.74, 6) is 1.73. The minimum absolute atomic E-state index is 0.305. The first-order valence-corrected chi connectivity index (χ1v) is 9.76. The zero-order chi connectivity index (χ0) is 16.8. The summed E-state index contributed by atoms with van der Waals surface area (Å²) in [6, 6.07) is 9.06. The SMILES string of the molecule is O=C(O)CCCCCNCC1c2ccccc2CC2CCCCC21. The van der Waals surface area contributed by atoms with E-state index >= 15 is 0 Å². The van der Waals surface area contributed by atoms with Gasteiger partial charge in [0.05, 0.1) is 0 Å². The fourth-order valence-corrected chi connectivity index (χ4v) is 4.84. The second kappa shape index (κ2) is 8.66. The standard InChI is InChI=1S/C21H31NO2/c23-21(24)12-2-1-7-13-22-15-20-18-10-5-3-8-16(18)14-17-9-4-6-11-19(17)20/h3,5,8,10,17,19-20,22H,1-2,4,6-7,9,11-15H2,(H,23,24). The van der Waals surface area contributed by atoms with E-state index in [2.05, 4.69) is 29.6 Å². The maximum absolute atomic E-state index is 10.5. The molecule has 0 aliphatic heterocycles. The van der Waals surface area contributed by atoms with Gasteiger partial charge >= 0.3 is 5.97 Å². The van der Waals surface area contributed by atoms with Crippen LogP contribution in [0.5, 0.6) is 0 Å². The fraction of sp³-hybridized carbons (Fsp3) is 0.667. The molecule has 2 aliphatic carbocycles. The molecule has 24 heavy (non-hydrogen) atoms. The Morgan fingerprint density at radius 3 is 2.83 bits per heavy atom. The molecule has 3 atom stereocenters. The third-order valence-corrected chi connectivity index (χ3v) is 6.03. The van der Waals surface area contributed by atoms with Gasteiger partial charge in [0.15, 0.2) is 0 Å². The molecule has 132 valence electrons. The highest BCUT2D eigenvalue weighted by molar-refractivity contribution is 5.66. The van der Waals surface area contributed by atoms with E-state index in [1.165, 1.54) is 32.1 Å². The van der Waals surface area contributed by atoms with Crippen molar-refractivity contribution in [2.45, 2.75) is 63.7 Å². The average Bonchev–Trinajstić information content (AvgIpc) is 2.59. The van der Waals surface area contributed by atoms with Crippen molar-refractivity contribution in [3.05, 3.63) is 35.4 Å². The van der Waals surface area contributed by atoms with Crippen LogP contribution in [-0.2, 0) is 11.2 Å². The van der Waals surface area contributed by atoms with E-state index < -0.39 is 5.97 Å². The molecular formula is C21H31NO2. The molecule has 1 aromatic carbocycles. The molecule has 2 aliphatic rings. The zero-order valence-electron chi connectivity index (χ0n) is 14.7. The lowest BCUT2D eigenvalue weighted by Crippen LogP contribution is -2.37. The van der Waals surface area contributed by atoms with Crippen molar-refractivity contribution in [1.82, 2.24) is 5.32 Å². The lowest BCUT2D eigenvalue weighted by molar-refractivity contribution is -0.137. The summed E-state index contributed by atoms with van der Waals surface area (Å²) in [6.07, 6.45) is 10.1. The van der Waals surface area contributed by atoms with Gasteiger partial charge in [0.2, 0.25) is 0 Å². The normalized spacial score (nSPS) is 25.8. The van der Waals surface area contributed by atoms with Gasteiger partial charge in [-0.1, -0.05) is 43.5 Å². The number of unbranched alkanes of at least 4 members (excludes halogenated alkanes) is 2. The minimum atomic E-state index is -0.676. The van der Waals surface area contributed by atoms with Gasteiger partial charge in [0, 0.05) is 13.0 Å². The van der Waals surface area contributed by atoms with E-state index in [0.29, 0.717) is 12.3 Å². The molecule has 0 spiro atoms. The number of nitrogens with one attached hydrogen (secondary N) is 1. The third kappa shape index (κ3) is 4.38. The van der Waals surface area contributed by atoms with Gasteiger partial charge in [0.25, 0.3) is 0 Å². The molecule has 0 heterocycles. The third-order valence-electron chi connectivity index (χ3n) is 6.03. The molecule has 1 aromatic rings. The predicted molar refractivity (Wildman–Crippen MR) is 97.3 cm³/mol. The van der Waals surface area contributed by atoms with Crippen LogP contribution in [0, 0.1) is 11.8 Å². The Bertz CT molecular complexity index is 542. The van der Waals surface area contributed by atoms with Crippen LogP contribution in [0.3, 0.4) is 0 Å². The average molecular weight is 329 g/mol. The van der Waals surface area contributed by atoms with E-state index in [9.17, 15) is 4.79 Å². The number of aliphatic carboxylic acids is 1. The van der Waals surface area contributed by atoms with E-state index in [-0.39, 0.29) is 0 Å². The second-order valence-electron chi connectivity index (χ2n) is 7.63. The summed E-state index contributed by atoms with van der Waals surface area (Å²) in [5.41, 5.74) is 3.16. The number of carboxylic acids is 1. The summed E-state index contributed by atoms with van der Waals surface area (Å²) in [5, 5.41) is 12.3. The Kier molecular flexibility index (Phi) is 6.30. The Morgan fingerprint density at radius 1 is 1.12 bits per heavy atom. The van der Waals surface area contributed by atoms with Crippen LogP contribution >= 0.6 is 0 Å². The van der Waals surface area contributed by atoms with Crippen LogP contribution in [-0.4, -0.2) is 24.2 Å². The first-order valence-electron chi connectivity index (χ1n) is 9.76. The van der Waals surface area contributed by atoms with E-state index in [1.807, 2.05) is 0 Å². The lowest BCUT2D eigenvalue weighted by Gasteiger charge is -2.42. The quantitative estimate of drug-likeness (QED) is 0.696. The largest absolute Gasteiger partial charge is 0.481 e. The van der Waals surface area contributed by atoms with Crippen LogP contribution in [0.1, 0.15) is 68.4 Å². The lowest BCUT2D eigenvalue weighted by atomic mass is 9.63. The first-order chi connectivity index (χ1) is 11.8. The van der Waals surface area contributed by atoms with Gasteiger partial charge in [0.1, 0.15) is 0 Å². The Labute approximate surface area is 145 Å². The molecule has 3 nitrogen and oxygen atoms in total. The smallest absolute Gasteiger partial charge is 0.303 e. The van der Waals surface area contributed by atoms with Crippen LogP contribution in [0.2, 0.25) is 0 Å². The van der Waals surface area contributed by atoms with Gasteiger partial charge in [-0.25, -0.2) is 0 Å². The van der Waals surface area contributed by atoms with Crippen LogP contribution in [0.4, 0.5) is 0 Å². The molecule has 3 heteroatoms. The monoisotopic (exact) mass is 329 g/mol. The summed E-state index contributed by atoms with van der Waals surface area (Å²) in [6.45, 7) is 2.09. The zero-order valence-corrected chi connectivity index (χ0v) is 14.7. The Hall–Kier alpha value is -1.35. The predicted octanol–water partition coefficient (Wildman–Crippen LogP) is 4.37. The summed E-state index contributed by atoms with van der Waals surface area (Å²) in [4.78, 5) is 10.5. The maximum atomic E-state index is 10.5. The highest BCUT2D eigenvalue weighted by Gasteiger charge is 2.37. The van der Waals surface area contributed by atoms with Gasteiger partial charge < -0.3 is 10.4 Å². The van der Waals surface area contributed by atoms with E-state index in [4.69, 9.17) is 5.11 Å². The maximum Gasteiger partial charge on any atom is 0.303 e. The van der Waals surface area contributed by atoms with Crippen molar-refractivity contribution >= 4 is 5.97 Å². The molecule has 3 unspecified atom stereocenters. The number of fused-ring (bicyclic) bond motifs is 2. The van der Waals surface area contributed by atoms with Crippen LogP contribution < -0.4 is 5.32 Å². The molecule has 0 saturated heterocycles. The topological polar surface area (TPSA) is 49.3 Å². The van der Waals surface area contributed by atoms with Crippen molar-refractivity contribution in [3.63, 3.8) is 0 Å². The van der Waals surface area contributed by atoms with Gasteiger partial charge in [-0.3, -0.25) is 4.79 Å². The van der Waals surface area contributed by atoms with Crippen molar-refractivity contribution < 1.29 is 9.90 Å². The number of hydrogen-bond acceptors (Lipinski definition) is 2. The van der Waals surface area contributed by atoms with E-state index in [0.717, 1.165) is 44.2 Å². The molecule has 0 radical (unpaired) electrons. The molecule has 1 fully saturated rings. The molecule has 2 N–H and O–H groups in total. The number of benzene rings is 1. The van der Waals surface area contributed by atoms with Crippen molar-refractivity contribution in [2.75, 3.05) is 13.1 Å². The molecular weight excluding hydrogens is 298 g/mol. The highest BCUT2D eigenvalue weighted by atomic mass is 16.4. The minimum Gasteiger partial charge on any atom is -0.481 e. The molecule has 0 amide bonds. The highest BCUT2D eigenvalue weighted by Crippen LogP contribution is 2.46. The summed E-state index contributed by atoms with van der Waals surface area (Å²) >= 11 is 0. The van der Waals surface area contributed by atoms with Gasteiger partial charge in [-0.2, -0.15) is 0 Å². The Morgan fingerprint density at radius 2 is 1.96 bits per heavy atom. The van der Waals surface area contributed by atoms with Crippen LogP contribution in [0.15, 0.2) is 24.3 Å². The molecule has 0 aromatic heterocycles. The van der Waals surface area contributed by atoms with Gasteiger partial charge in [-0.15, -0.1) is 0 Å². The van der Waals surface area contributed by atoms with E-state index in [1.54, 1.807) is 11.1 Å². The fourth-order valence-electron chi connectivity index (χ4n) is 4.84. The number of hydrogen-bond donors (Lipinski definition) is 2. The summed E-state index contributed by atoms with van der Waals surface area (Å²) in [7, 11) is 0. The first kappa shape index (κ1) is 17.5. The number of rotatable bonds is 8. The number of carboxylic acid groups (broad SMARTS) is 1. The van der Waals surface area contributed by atoms with Crippen molar-refractivity contribution in [2.24, 2.45) is 11.8 Å². The van der Waals surface area contributed by atoms with Crippen molar-refractivity contribution in [1.29, 1.82) is 0 Å². The van der Waals surface area contributed by atoms with Crippen molar-refractivity contribution in [3.8, 4) is 0 Å².